The molecule has 5 aromatic rings. The first kappa shape index (κ1) is 26.0. The molecule has 5 heterocycles. The Labute approximate surface area is 246 Å². The third kappa shape index (κ3) is 5.12. The first-order chi connectivity index (χ1) is 20.7. The number of aryl methyl sites for hydroxylation is 2. The van der Waals surface area contributed by atoms with Crippen molar-refractivity contribution in [1.29, 1.82) is 0 Å². The van der Waals surface area contributed by atoms with E-state index < -0.39 is 0 Å². The van der Waals surface area contributed by atoms with Gasteiger partial charge in [0.15, 0.2) is 0 Å². The average Bonchev–Trinajstić information content (AvgIpc) is 3.81. The second-order valence-electron chi connectivity index (χ2n) is 11.1. The number of aromatic nitrogens is 4. The number of aromatic amines is 2. The predicted octanol–water partition coefficient (Wildman–Crippen LogP) is 9.89. The van der Waals surface area contributed by atoms with Crippen LogP contribution >= 0.6 is 0 Å². The Bertz CT molecular complexity index is 1920. The van der Waals surface area contributed by atoms with Crippen molar-refractivity contribution in [1.82, 2.24) is 19.9 Å². The van der Waals surface area contributed by atoms with E-state index in [4.69, 9.17) is 9.97 Å². The number of hydrogen-bond donors (Lipinski definition) is 2. The monoisotopic (exact) mass is 546 g/mol. The molecule has 0 unspecified atom stereocenters. The summed E-state index contributed by atoms with van der Waals surface area (Å²) in [5.74, 6) is 0. The van der Waals surface area contributed by atoms with E-state index in [1.165, 1.54) is 16.7 Å². The van der Waals surface area contributed by atoms with Gasteiger partial charge < -0.3 is 9.97 Å². The highest BCUT2D eigenvalue weighted by atomic mass is 14.8. The molecule has 42 heavy (non-hydrogen) atoms. The first-order valence-electron chi connectivity index (χ1n) is 15.0. The van der Waals surface area contributed by atoms with Gasteiger partial charge in [-0.2, -0.15) is 0 Å². The van der Waals surface area contributed by atoms with Crippen LogP contribution in [0.3, 0.4) is 0 Å². The number of fused-ring (bicyclic) bond motifs is 8. The molecule has 4 nitrogen and oxygen atoms in total. The molecule has 2 aromatic carbocycles. The van der Waals surface area contributed by atoms with Crippen molar-refractivity contribution in [2.24, 2.45) is 0 Å². The fourth-order valence-electron chi connectivity index (χ4n) is 6.02. The van der Waals surface area contributed by atoms with E-state index in [1.54, 1.807) is 0 Å². The van der Waals surface area contributed by atoms with Crippen LogP contribution in [0, 0.1) is 0 Å². The van der Waals surface area contributed by atoms with Crippen LogP contribution < -0.4 is 0 Å². The largest absolute Gasteiger partial charge is 0.355 e. The lowest BCUT2D eigenvalue weighted by atomic mass is 9.98. The van der Waals surface area contributed by atoms with Gasteiger partial charge in [0, 0.05) is 33.2 Å². The van der Waals surface area contributed by atoms with Crippen LogP contribution in [0.5, 0.6) is 0 Å². The smallest absolute Gasteiger partial charge is 0.0737 e. The SMILES string of the molecule is CCCc1cccc(-c2c3nc(cc4ccc([nH]4)c(-c4cccc(CCC)c4)c4ccc(cc5nc2C=C5)[nH]4)C=C3)c1. The standard InChI is InChI=1S/C38H34N4/c1-3-7-25-9-5-11-27(21-25)37-33-17-13-29(39-33)23-31-15-19-35(41-31)38(28-12-6-10-26(22-28)8-4-2)36-20-16-32(42-36)24-30-14-18-34(37)40-30/h5-6,9-24,39-40H,3-4,7-8H2,1-2H3. The molecule has 0 amide bonds. The van der Waals surface area contributed by atoms with E-state index in [0.29, 0.717) is 0 Å². The van der Waals surface area contributed by atoms with Crippen LogP contribution in [0.1, 0.15) is 60.6 Å². The maximum Gasteiger partial charge on any atom is 0.0737 e. The summed E-state index contributed by atoms with van der Waals surface area (Å²) in [4.78, 5) is 17.5. The molecular weight excluding hydrogens is 512 g/mol. The topological polar surface area (TPSA) is 57.4 Å². The van der Waals surface area contributed by atoms with E-state index in [-0.39, 0.29) is 0 Å². The third-order valence-electron chi connectivity index (χ3n) is 7.91. The fourth-order valence-corrected chi connectivity index (χ4v) is 6.02. The number of benzene rings is 2. The molecule has 0 spiro atoms. The molecule has 2 aliphatic heterocycles. The summed E-state index contributed by atoms with van der Waals surface area (Å²) in [6, 6.07) is 30.5. The lowest BCUT2D eigenvalue weighted by Crippen LogP contribution is -1.91. The molecule has 0 aliphatic carbocycles. The Morgan fingerprint density at radius 1 is 0.524 bits per heavy atom. The Balaban J connectivity index is 1.51. The summed E-state index contributed by atoms with van der Waals surface area (Å²) in [6.45, 7) is 4.44. The highest BCUT2D eigenvalue weighted by Crippen LogP contribution is 2.33. The summed E-state index contributed by atoms with van der Waals surface area (Å²) in [7, 11) is 0. The Kier molecular flexibility index (Phi) is 6.89. The van der Waals surface area contributed by atoms with Crippen LogP contribution in [-0.4, -0.2) is 19.9 Å². The van der Waals surface area contributed by atoms with E-state index in [0.717, 1.165) is 87.2 Å². The predicted molar refractivity (Wildman–Crippen MR) is 178 cm³/mol. The van der Waals surface area contributed by atoms with Gasteiger partial charge in [0.25, 0.3) is 0 Å². The molecule has 0 radical (unpaired) electrons. The summed E-state index contributed by atoms with van der Waals surface area (Å²) in [6.07, 6.45) is 12.8. The number of hydrogen-bond acceptors (Lipinski definition) is 2. The average molecular weight is 547 g/mol. The molecule has 0 fully saturated rings. The molecule has 7 rings (SSSR count). The van der Waals surface area contributed by atoms with Gasteiger partial charge in [-0.25, -0.2) is 9.97 Å². The van der Waals surface area contributed by atoms with Crippen molar-refractivity contribution in [3.05, 3.63) is 119 Å². The van der Waals surface area contributed by atoms with Crippen LogP contribution in [0.15, 0.2) is 84.9 Å². The molecular formula is C38H34N4. The van der Waals surface area contributed by atoms with Crippen molar-refractivity contribution in [2.45, 2.75) is 39.5 Å². The molecule has 206 valence electrons. The number of rotatable bonds is 6. The summed E-state index contributed by atoms with van der Waals surface area (Å²) >= 11 is 0. The van der Waals surface area contributed by atoms with Gasteiger partial charge in [0.05, 0.1) is 22.8 Å². The zero-order chi connectivity index (χ0) is 28.5. The Hall–Kier alpha value is -4.96. The van der Waals surface area contributed by atoms with Gasteiger partial charge in [0.1, 0.15) is 0 Å². The van der Waals surface area contributed by atoms with Gasteiger partial charge in [-0.05, 0) is 95.8 Å². The van der Waals surface area contributed by atoms with E-state index in [9.17, 15) is 0 Å². The normalized spacial score (nSPS) is 12.2. The highest BCUT2D eigenvalue weighted by Gasteiger charge is 2.15. The zero-order valence-electron chi connectivity index (χ0n) is 24.1. The van der Waals surface area contributed by atoms with Crippen LogP contribution in [0.25, 0.3) is 68.6 Å². The lowest BCUT2D eigenvalue weighted by molar-refractivity contribution is 0.922. The summed E-state index contributed by atoms with van der Waals surface area (Å²) in [5, 5.41) is 0. The van der Waals surface area contributed by atoms with Gasteiger partial charge in [-0.15, -0.1) is 0 Å². The van der Waals surface area contributed by atoms with E-state index in [1.807, 2.05) is 0 Å². The van der Waals surface area contributed by atoms with Crippen molar-refractivity contribution in [2.75, 3.05) is 0 Å². The van der Waals surface area contributed by atoms with Crippen molar-refractivity contribution >= 4 is 46.4 Å². The lowest BCUT2D eigenvalue weighted by Gasteiger charge is -2.07. The minimum atomic E-state index is 0.916. The molecule has 0 saturated carbocycles. The summed E-state index contributed by atoms with van der Waals surface area (Å²) in [5.41, 5.74) is 15.1. The van der Waals surface area contributed by atoms with Gasteiger partial charge in [-0.3, -0.25) is 0 Å². The van der Waals surface area contributed by atoms with Gasteiger partial charge >= 0.3 is 0 Å². The van der Waals surface area contributed by atoms with Gasteiger partial charge in [-0.1, -0.05) is 75.2 Å². The zero-order valence-corrected chi connectivity index (χ0v) is 24.1. The highest BCUT2D eigenvalue weighted by molar-refractivity contribution is 5.94. The minimum Gasteiger partial charge on any atom is -0.355 e. The van der Waals surface area contributed by atoms with Crippen molar-refractivity contribution in [3.63, 3.8) is 0 Å². The van der Waals surface area contributed by atoms with Crippen LogP contribution in [0.2, 0.25) is 0 Å². The first-order valence-corrected chi connectivity index (χ1v) is 15.0. The van der Waals surface area contributed by atoms with Crippen molar-refractivity contribution in [3.8, 4) is 22.3 Å². The van der Waals surface area contributed by atoms with Crippen LogP contribution in [0.4, 0.5) is 0 Å². The molecule has 0 atom stereocenters. The fraction of sp³-hybridized carbons (Fsp3) is 0.158. The van der Waals surface area contributed by atoms with E-state index in [2.05, 4.69) is 133 Å². The Morgan fingerprint density at radius 2 is 1.02 bits per heavy atom. The molecule has 3 aromatic heterocycles. The summed E-state index contributed by atoms with van der Waals surface area (Å²) < 4.78 is 0. The van der Waals surface area contributed by atoms with Gasteiger partial charge in [0.2, 0.25) is 0 Å². The molecule has 4 heteroatoms. The molecule has 2 N–H and O–H groups in total. The van der Waals surface area contributed by atoms with Crippen LogP contribution in [-0.2, 0) is 12.8 Å². The second kappa shape index (κ2) is 11.1. The molecule has 2 aliphatic rings. The maximum atomic E-state index is 5.09. The number of H-pyrrole nitrogens is 2. The maximum absolute atomic E-state index is 5.09. The third-order valence-corrected chi connectivity index (χ3v) is 7.91. The van der Waals surface area contributed by atoms with Crippen molar-refractivity contribution < 1.29 is 0 Å². The second-order valence-corrected chi connectivity index (χ2v) is 11.1. The number of nitrogens with one attached hydrogen (secondary N) is 2. The quantitative estimate of drug-likeness (QED) is 0.218. The molecule has 8 bridgehead atoms. The number of nitrogens with zero attached hydrogens (tertiary/aromatic N) is 2. The minimum absolute atomic E-state index is 0.916. The van der Waals surface area contributed by atoms with E-state index >= 15 is 0 Å². The molecule has 0 saturated heterocycles. The Morgan fingerprint density at radius 3 is 1.52 bits per heavy atom.